The van der Waals surface area contributed by atoms with Crippen LogP contribution in [0.1, 0.15) is 24.2 Å². The quantitative estimate of drug-likeness (QED) is 0.212. The lowest BCUT2D eigenvalue weighted by atomic mass is 10.1. The molecule has 4 rings (SSSR count). The average Bonchev–Trinajstić information content (AvgIpc) is 3.25. The van der Waals surface area contributed by atoms with Crippen LogP contribution in [0.3, 0.4) is 0 Å². The normalized spacial score (nSPS) is 12.1. The van der Waals surface area contributed by atoms with Gasteiger partial charge in [-0.25, -0.2) is 0 Å². The van der Waals surface area contributed by atoms with Crippen LogP contribution in [0.25, 0.3) is 22.2 Å². The molecule has 0 N–H and O–H groups in total. The summed E-state index contributed by atoms with van der Waals surface area (Å²) in [5.41, 5.74) is 2.19. The molecule has 3 aromatic carbocycles. The maximum absolute atomic E-state index is 5.49. The Morgan fingerprint density at radius 2 is 1.67 bits per heavy atom. The zero-order valence-corrected chi connectivity index (χ0v) is 20.3. The number of thioether (sulfide) groups is 1. The fourth-order valence-electron chi connectivity index (χ4n) is 3.82. The van der Waals surface area contributed by atoms with Crippen molar-refractivity contribution in [2.75, 3.05) is 27.9 Å². The molecule has 1 aromatic heterocycles. The Kier molecular flexibility index (Phi) is 7.52. The van der Waals surface area contributed by atoms with Crippen molar-refractivity contribution in [3.63, 3.8) is 0 Å². The second-order valence-electron chi connectivity index (χ2n) is 7.74. The van der Waals surface area contributed by atoms with Gasteiger partial charge < -0.3 is 18.8 Å². The maximum atomic E-state index is 5.49. The molecule has 4 aromatic rings. The van der Waals surface area contributed by atoms with E-state index in [0.717, 1.165) is 29.5 Å². The van der Waals surface area contributed by atoms with Crippen molar-refractivity contribution in [1.29, 1.82) is 0 Å². The lowest BCUT2D eigenvalue weighted by molar-refractivity contribution is 0.189. The van der Waals surface area contributed by atoms with E-state index >= 15 is 0 Å². The van der Waals surface area contributed by atoms with Crippen molar-refractivity contribution >= 4 is 22.5 Å². The van der Waals surface area contributed by atoms with Gasteiger partial charge in [0.2, 0.25) is 0 Å². The highest BCUT2D eigenvalue weighted by Gasteiger charge is 2.19. The van der Waals surface area contributed by atoms with Crippen molar-refractivity contribution in [2.45, 2.75) is 30.3 Å². The van der Waals surface area contributed by atoms with Crippen molar-refractivity contribution < 1.29 is 14.2 Å². The molecule has 6 nitrogen and oxygen atoms in total. The Bertz CT molecular complexity index is 1220. The van der Waals surface area contributed by atoms with E-state index in [1.165, 1.54) is 16.3 Å². The molecule has 0 radical (unpaired) electrons. The molecule has 0 saturated heterocycles. The van der Waals surface area contributed by atoms with E-state index in [-0.39, 0.29) is 5.25 Å². The number of hydrogen-bond acceptors (Lipinski definition) is 6. The first-order valence-corrected chi connectivity index (χ1v) is 11.8. The third-order valence-electron chi connectivity index (χ3n) is 5.61. The van der Waals surface area contributed by atoms with Crippen molar-refractivity contribution in [2.24, 2.45) is 0 Å². The van der Waals surface area contributed by atoms with Gasteiger partial charge in [0.1, 0.15) is 0 Å². The molecular weight excluding hydrogens is 434 g/mol. The average molecular weight is 464 g/mol. The molecule has 0 spiro atoms. The second kappa shape index (κ2) is 10.7. The predicted octanol–water partition coefficient (Wildman–Crippen LogP) is 6.01. The molecule has 33 heavy (non-hydrogen) atoms. The summed E-state index contributed by atoms with van der Waals surface area (Å²) in [7, 11) is 4.99. The zero-order chi connectivity index (χ0) is 23.2. The molecule has 1 heterocycles. The second-order valence-corrected chi connectivity index (χ2v) is 9.05. The lowest BCUT2D eigenvalue weighted by Gasteiger charge is -2.15. The number of ether oxygens (including phenoxy) is 3. The smallest absolute Gasteiger partial charge is 0.192 e. The van der Waals surface area contributed by atoms with E-state index in [2.05, 4.69) is 64.2 Å². The first-order valence-electron chi connectivity index (χ1n) is 10.9. The van der Waals surface area contributed by atoms with E-state index in [1.807, 2.05) is 18.2 Å². The first kappa shape index (κ1) is 23.1. The molecule has 0 saturated carbocycles. The highest BCUT2D eigenvalue weighted by molar-refractivity contribution is 7.99. The molecule has 1 unspecified atom stereocenters. The van der Waals surface area contributed by atoms with E-state index in [4.69, 9.17) is 14.2 Å². The minimum absolute atomic E-state index is 0.221. The Morgan fingerprint density at radius 3 is 2.42 bits per heavy atom. The van der Waals surface area contributed by atoms with Crippen LogP contribution in [0, 0.1) is 0 Å². The van der Waals surface area contributed by atoms with Gasteiger partial charge >= 0.3 is 0 Å². The van der Waals surface area contributed by atoms with E-state index in [0.29, 0.717) is 18.1 Å². The number of methoxy groups -OCH3 is 3. The summed E-state index contributed by atoms with van der Waals surface area (Å²) in [5, 5.41) is 12.7. The SMILES string of the molecule is COCCCn1c(SC(C)c2ccc3ccccc3c2)nnc1-c1ccc(OC)c(OC)c1. The predicted molar refractivity (Wildman–Crippen MR) is 133 cm³/mol. The summed E-state index contributed by atoms with van der Waals surface area (Å²) in [6, 6.07) is 20.9. The number of benzene rings is 3. The van der Waals surface area contributed by atoms with Crippen LogP contribution < -0.4 is 9.47 Å². The zero-order valence-electron chi connectivity index (χ0n) is 19.4. The van der Waals surface area contributed by atoms with Gasteiger partial charge in [-0.3, -0.25) is 0 Å². The van der Waals surface area contributed by atoms with Crippen molar-refractivity contribution in [1.82, 2.24) is 14.8 Å². The Hall–Kier alpha value is -3.03. The molecule has 0 aliphatic rings. The number of hydrogen-bond donors (Lipinski definition) is 0. The molecule has 0 fully saturated rings. The fourth-order valence-corrected chi connectivity index (χ4v) is 4.81. The largest absolute Gasteiger partial charge is 0.493 e. The topological polar surface area (TPSA) is 58.4 Å². The van der Waals surface area contributed by atoms with Gasteiger partial charge in [0, 0.05) is 31.1 Å². The highest BCUT2D eigenvalue weighted by Crippen LogP contribution is 2.38. The molecule has 0 bridgehead atoms. The van der Waals surface area contributed by atoms with Crippen LogP contribution in [0.15, 0.2) is 65.8 Å². The van der Waals surface area contributed by atoms with Crippen LogP contribution in [0.5, 0.6) is 11.5 Å². The van der Waals surface area contributed by atoms with Crippen LogP contribution in [-0.4, -0.2) is 42.7 Å². The number of aromatic nitrogens is 3. The number of fused-ring (bicyclic) bond motifs is 1. The Balaban J connectivity index is 1.65. The van der Waals surface area contributed by atoms with E-state index in [9.17, 15) is 0 Å². The van der Waals surface area contributed by atoms with Crippen molar-refractivity contribution in [3.05, 3.63) is 66.2 Å². The van der Waals surface area contributed by atoms with Gasteiger partial charge in [-0.05, 0) is 47.9 Å². The van der Waals surface area contributed by atoms with E-state index < -0.39 is 0 Å². The molecule has 0 aliphatic heterocycles. The van der Waals surface area contributed by atoms with Crippen LogP contribution in [0.4, 0.5) is 0 Å². The highest BCUT2D eigenvalue weighted by atomic mass is 32.2. The van der Waals surface area contributed by atoms with Crippen LogP contribution in [0.2, 0.25) is 0 Å². The summed E-state index contributed by atoms with van der Waals surface area (Å²) in [6.45, 7) is 3.64. The van der Waals surface area contributed by atoms with Crippen LogP contribution >= 0.6 is 11.8 Å². The molecule has 172 valence electrons. The molecule has 0 aliphatic carbocycles. The summed E-state index contributed by atoms with van der Waals surface area (Å²) >= 11 is 1.72. The summed E-state index contributed by atoms with van der Waals surface area (Å²) in [5.74, 6) is 2.16. The molecule has 7 heteroatoms. The number of rotatable bonds is 10. The summed E-state index contributed by atoms with van der Waals surface area (Å²) < 4.78 is 18.3. The van der Waals surface area contributed by atoms with E-state index in [1.54, 1.807) is 33.1 Å². The summed E-state index contributed by atoms with van der Waals surface area (Å²) in [4.78, 5) is 0. The van der Waals surface area contributed by atoms with Gasteiger partial charge in [0.25, 0.3) is 0 Å². The number of nitrogens with zero attached hydrogens (tertiary/aromatic N) is 3. The molecular formula is C26H29N3O3S. The summed E-state index contributed by atoms with van der Waals surface area (Å²) in [6.07, 6.45) is 0.868. The van der Waals surface area contributed by atoms with Gasteiger partial charge in [-0.15, -0.1) is 10.2 Å². The minimum Gasteiger partial charge on any atom is -0.493 e. The van der Waals surface area contributed by atoms with Crippen molar-refractivity contribution in [3.8, 4) is 22.9 Å². The Labute approximate surface area is 198 Å². The fraction of sp³-hybridized carbons (Fsp3) is 0.308. The van der Waals surface area contributed by atoms with Gasteiger partial charge in [0.05, 0.1) is 14.2 Å². The minimum atomic E-state index is 0.221. The molecule has 0 amide bonds. The molecule has 1 atom stereocenters. The first-order chi connectivity index (χ1) is 16.1. The lowest BCUT2D eigenvalue weighted by Crippen LogP contribution is -2.06. The monoisotopic (exact) mass is 463 g/mol. The Morgan fingerprint density at radius 1 is 0.879 bits per heavy atom. The van der Waals surface area contributed by atoms with Crippen LogP contribution in [-0.2, 0) is 11.3 Å². The van der Waals surface area contributed by atoms with Gasteiger partial charge in [-0.2, -0.15) is 0 Å². The third-order valence-corrected chi connectivity index (χ3v) is 6.75. The van der Waals surface area contributed by atoms with Gasteiger partial charge in [0.15, 0.2) is 22.5 Å². The third kappa shape index (κ3) is 5.15. The van der Waals surface area contributed by atoms with Gasteiger partial charge in [-0.1, -0.05) is 54.2 Å². The maximum Gasteiger partial charge on any atom is 0.192 e. The standard InChI is InChI=1S/C26H29N3O3S/c1-18(20-11-10-19-8-5-6-9-21(19)16-20)33-26-28-27-25(29(26)14-7-15-30-2)22-12-13-23(31-3)24(17-22)32-4/h5-6,8-13,16-18H,7,14-15H2,1-4H3.